The highest BCUT2D eigenvalue weighted by atomic mass is 16.2. The Bertz CT molecular complexity index is 1060. The largest absolute Gasteiger partial charge is 0.363 e. The van der Waals surface area contributed by atoms with Gasteiger partial charge in [-0.1, -0.05) is 53.9 Å². The van der Waals surface area contributed by atoms with E-state index in [4.69, 9.17) is 5.73 Å². The van der Waals surface area contributed by atoms with Gasteiger partial charge < -0.3 is 26.6 Å². The Balaban J connectivity index is 1.46. The molecular formula is C29H45N5O6. The summed E-state index contributed by atoms with van der Waals surface area (Å²) in [5.41, 5.74) is 4.58. The number of Topliss-reactive ketones (excluding diaryl/α,β-unsaturated/α-hetero) is 2. The van der Waals surface area contributed by atoms with Crippen LogP contribution in [0, 0.1) is 35.0 Å². The third-order valence-electron chi connectivity index (χ3n) is 9.00. The van der Waals surface area contributed by atoms with Gasteiger partial charge >= 0.3 is 6.03 Å². The first kappa shape index (κ1) is 30.0. The standard InChI is InChI=1S/C29H45N5O6/c1-14(2)20(22(35)16-9-10-16)32-28(40)33-24(29(3,4)5)27(39)34-13-17-12-18(17)21(34)26(38)31-19(23(36)25(30)37)11-15-7-6-8-15/h14-21,24H,6-13H2,1-5H3,(H2,30,37)(H,31,38)(H2,32,33,40). The van der Waals surface area contributed by atoms with E-state index in [9.17, 15) is 28.8 Å². The molecule has 0 spiro atoms. The van der Waals surface area contributed by atoms with Crippen LogP contribution in [0.4, 0.5) is 4.79 Å². The zero-order chi connectivity index (χ0) is 29.5. The minimum Gasteiger partial charge on any atom is -0.363 e. The van der Waals surface area contributed by atoms with Crippen molar-refractivity contribution in [2.75, 3.05) is 6.54 Å². The van der Waals surface area contributed by atoms with Crippen LogP contribution in [0.15, 0.2) is 0 Å². The molecule has 1 heterocycles. The molecule has 5 amide bonds. The van der Waals surface area contributed by atoms with Crippen molar-refractivity contribution < 1.29 is 28.8 Å². The Kier molecular flexibility index (Phi) is 8.61. The van der Waals surface area contributed by atoms with E-state index >= 15 is 0 Å². The zero-order valence-electron chi connectivity index (χ0n) is 24.3. The number of carbonyl (C=O) groups is 6. The molecule has 1 saturated heterocycles. The topological polar surface area (TPSA) is 168 Å². The fourth-order valence-corrected chi connectivity index (χ4v) is 6.07. The van der Waals surface area contributed by atoms with Crippen LogP contribution in [0.25, 0.3) is 0 Å². The van der Waals surface area contributed by atoms with Gasteiger partial charge in [-0.2, -0.15) is 0 Å². The van der Waals surface area contributed by atoms with Crippen molar-refractivity contribution in [1.82, 2.24) is 20.9 Å². The predicted octanol–water partition coefficient (Wildman–Crippen LogP) is 1.28. The average molecular weight is 560 g/mol. The number of carbonyl (C=O) groups excluding carboxylic acids is 6. The van der Waals surface area contributed by atoms with Gasteiger partial charge in [-0.05, 0) is 54.8 Å². The summed E-state index contributed by atoms with van der Waals surface area (Å²) in [6, 6.07) is -4.00. The lowest BCUT2D eigenvalue weighted by molar-refractivity contribution is -0.144. The molecule has 4 rings (SSSR count). The molecule has 0 aromatic carbocycles. The first-order chi connectivity index (χ1) is 18.7. The van der Waals surface area contributed by atoms with Crippen LogP contribution in [0.5, 0.6) is 0 Å². The number of nitrogens with zero attached hydrogens (tertiary/aromatic N) is 1. The molecule has 5 N–H and O–H groups in total. The number of piperidine rings is 1. The molecule has 222 valence electrons. The fourth-order valence-electron chi connectivity index (χ4n) is 6.07. The number of nitrogens with one attached hydrogen (secondary N) is 3. The molecule has 0 bridgehead atoms. The smallest absolute Gasteiger partial charge is 0.316 e. The van der Waals surface area contributed by atoms with Gasteiger partial charge in [-0.15, -0.1) is 0 Å². The van der Waals surface area contributed by atoms with Crippen LogP contribution in [0.3, 0.4) is 0 Å². The Hall–Kier alpha value is -2.98. The summed E-state index contributed by atoms with van der Waals surface area (Å²) in [6.45, 7) is 9.62. The highest BCUT2D eigenvalue weighted by Gasteiger charge is 2.58. The molecule has 11 heteroatoms. The number of rotatable bonds is 12. The van der Waals surface area contributed by atoms with Crippen LogP contribution in [0.1, 0.15) is 79.6 Å². The number of amides is 5. The number of urea groups is 1. The second-order valence-electron chi connectivity index (χ2n) is 13.7. The number of likely N-dealkylation sites (tertiary alicyclic amines) is 1. The summed E-state index contributed by atoms with van der Waals surface area (Å²) in [5, 5.41) is 8.33. The molecule has 6 unspecified atom stereocenters. The second-order valence-corrected chi connectivity index (χ2v) is 13.7. The number of hydrogen-bond donors (Lipinski definition) is 4. The SMILES string of the molecule is CC(C)C(NC(=O)NC(C(=O)N1CC2CC2C1C(=O)NC(CC1CCC1)C(=O)C(N)=O)C(C)(C)C)C(=O)C1CC1. The highest BCUT2D eigenvalue weighted by Crippen LogP contribution is 2.50. The van der Waals surface area contributed by atoms with Gasteiger partial charge in [-0.25, -0.2) is 4.79 Å². The number of ketones is 2. The molecule has 3 saturated carbocycles. The van der Waals surface area contributed by atoms with E-state index in [1.54, 1.807) is 0 Å². The maximum atomic E-state index is 13.9. The molecule has 0 radical (unpaired) electrons. The molecule has 40 heavy (non-hydrogen) atoms. The van der Waals surface area contributed by atoms with Crippen LogP contribution in [-0.2, 0) is 24.0 Å². The molecule has 4 aliphatic rings. The molecule has 6 atom stereocenters. The molecule has 11 nitrogen and oxygen atoms in total. The van der Waals surface area contributed by atoms with Gasteiger partial charge in [0.15, 0.2) is 5.78 Å². The first-order valence-electron chi connectivity index (χ1n) is 14.7. The van der Waals surface area contributed by atoms with Crippen LogP contribution in [-0.4, -0.2) is 70.9 Å². The molecule has 1 aliphatic heterocycles. The summed E-state index contributed by atoms with van der Waals surface area (Å²) >= 11 is 0. The van der Waals surface area contributed by atoms with Crippen LogP contribution < -0.4 is 21.7 Å². The summed E-state index contributed by atoms with van der Waals surface area (Å²) in [6.07, 6.45) is 5.73. The van der Waals surface area contributed by atoms with E-state index in [1.165, 1.54) is 4.90 Å². The third-order valence-corrected chi connectivity index (χ3v) is 9.00. The minimum absolute atomic E-state index is 0.0158. The van der Waals surface area contributed by atoms with Crippen molar-refractivity contribution in [2.45, 2.75) is 104 Å². The second kappa shape index (κ2) is 11.5. The van der Waals surface area contributed by atoms with E-state index in [-0.39, 0.29) is 41.3 Å². The average Bonchev–Trinajstić information content (AvgIpc) is 3.77. The first-order valence-corrected chi connectivity index (χ1v) is 14.7. The van der Waals surface area contributed by atoms with Crippen LogP contribution in [0.2, 0.25) is 0 Å². The monoisotopic (exact) mass is 559 g/mol. The van der Waals surface area contributed by atoms with Gasteiger partial charge in [0, 0.05) is 12.5 Å². The lowest BCUT2D eigenvalue weighted by atomic mass is 9.80. The number of primary amides is 1. The number of hydrogen-bond acceptors (Lipinski definition) is 6. The van der Waals surface area contributed by atoms with Gasteiger partial charge in [0.2, 0.25) is 17.6 Å². The summed E-state index contributed by atoms with van der Waals surface area (Å²) in [5.74, 6) is -2.48. The third kappa shape index (κ3) is 6.66. The van der Waals surface area contributed by atoms with Crippen molar-refractivity contribution in [3.63, 3.8) is 0 Å². The van der Waals surface area contributed by atoms with E-state index in [0.29, 0.717) is 13.0 Å². The van der Waals surface area contributed by atoms with Crippen molar-refractivity contribution in [3.8, 4) is 0 Å². The van der Waals surface area contributed by atoms with Gasteiger partial charge in [0.05, 0.1) is 12.1 Å². The quantitative estimate of drug-likeness (QED) is 0.263. The fraction of sp³-hybridized carbons (Fsp3) is 0.793. The normalized spacial score (nSPS) is 26.1. The van der Waals surface area contributed by atoms with E-state index in [1.807, 2.05) is 34.6 Å². The maximum absolute atomic E-state index is 13.9. The minimum atomic E-state index is -1.09. The van der Waals surface area contributed by atoms with Crippen molar-refractivity contribution in [2.24, 2.45) is 40.7 Å². The summed E-state index contributed by atoms with van der Waals surface area (Å²) in [7, 11) is 0. The Morgan fingerprint density at radius 3 is 2.10 bits per heavy atom. The van der Waals surface area contributed by atoms with E-state index in [0.717, 1.165) is 38.5 Å². The molecule has 4 fully saturated rings. The van der Waals surface area contributed by atoms with E-state index < -0.39 is 53.2 Å². The lowest BCUT2D eigenvalue weighted by Crippen LogP contribution is -2.62. The van der Waals surface area contributed by atoms with Crippen LogP contribution >= 0.6 is 0 Å². The predicted molar refractivity (Wildman–Crippen MR) is 146 cm³/mol. The highest BCUT2D eigenvalue weighted by molar-refractivity contribution is 6.37. The van der Waals surface area contributed by atoms with Gasteiger partial charge in [-0.3, -0.25) is 24.0 Å². The molecule has 0 aromatic rings. The Labute approximate surface area is 236 Å². The molecule has 0 aromatic heterocycles. The number of nitrogens with two attached hydrogens (primary N) is 1. The Morgan fingerprint density at radius 1 is 0.950 bits per heavy atom. The summed E-state index contributed by atoms with van der Waals surface area (Å²) in [4.78, 5) is 79.0. The zero-order valence-corrected chi connectivity index (χ0v) is 24.3. The maximum Gasteiger partial charge on any atom is 0.316 e. The van der Waals surface area contributed by atoms with Crippen molar-refractivity contribution in [3.05, 3.63) is 0 Å². The number of fused-ring (bicyclic) bond motifs is 1. The van der Waals surface area contributed by atoms with Gasteiger partial charge in [0.25, 0.3) is 5.91 Å². The Morgan fingerprint density at radius 2 is 1.60 bits per heavy atom. The van der Waals surface area contributed by atoms with Gasteiger partial charge in [0.1, 0.15) is 12.1 Å². The van der Waals surface area contributed by atoms with Crippen molar-refractivity contribution >= 4 is 35.3 Å². The van der Waals surface area contributed by atoms with Crippen molar-refractivity contribution in [1.29, 1.82) is 0 Å². The summed E-state index contributed by atoms with van der Waals surface area (Å²) < 4.78 is 0. The van der Waals surface area contributed by atoms with E-state index in [2.05, 4.69) is 16.0 Å². The molecule has 3 aliphatic carbocycles. The lowest BCUT2D eigenvalue weighted by Gasteiger charge is -2.37. The molecular weight excluding hydrogens is 514 g/mol.